The molecule has 9 heteroatoms. The third-order valence-corrected chi connectivity index (χ3v) is 4.71. The lowest BCUT2D eigenvalue weighted by molar-refractivity contribution is -0.384. The lowest BCUT2D eigenvalue weighted by atomic mass is 10.2. The van der Waals surface area contributed by atoms with Crippen LogP contribution in [0.1, 0.15) is 13.8 Å². The first-order chi connectivity index (χ1) is 13.0. The number of non-ortho nitro benzene ring substituents is 1. The zero-order valence-corrected chi connectivity index (χ0v) is 15.6. The quantitative estimate of drug-likeness (QED) is 0.361. The molecule has 27 heavy (non-hydrogen) atoms. The maximum atomic E-state index is 12.4. The number of imidazole rings is 1. The molecule has 2 N–H and O–H groups in total. The van der Waals surface area contributed by atoms with E-state index in [4.69, 9.17) is 4.74 Å². The minimum absolute atomic E-state index is 0.0736. The van der Waals surface area contributed by atoms with Gasteiger partial charge in [-0.3, -0.25) is 14.9 Å². The van der Waals surface area contributed by atoms with E-state index >= 15 is 0 Å². The van der Waals surface area contributed by atoms with Crippen LogP contribution in [0.25, 0.3) is 11.0 Å². The van der Waals surface area contributed by atoms with Gasteiger partial charge in [0.25, 0.3) is 5.69 Å². The lowest BCUT2D eigenvalue weighted by Gasteiger charge is -2.10. The van der Waals surface area contributed by atoms with Crippen LogP contribution in [0, 0.1) is 10.1 Å². The summed E-state index contributed by atoms with van der Waals surface area (Å²) in [5.74, 6) is 0.484. The van der Waals surface area contributed by atoms with E-state index in [1.165, 1.54) is 30.0 Å². The predicted octanol–water partition coefficient (Wildman–Crippen LogP) is 3.99. The van der Waals surface area contributed by atoms with E-state index < -0.39 is 10.2 Å². The van der Waals surface area contributed by atoms with Crippen LogP contribution in [-0.2, 0) is 4.79 Å². The van der Waals surface area contributed by atoms with Gasteiger partial charge in [0, 0.05) is 23.9 Å². The number of H-pyrrole nitrogens is 1. The standard InChI is InChI=1S/C18H18N4O4S/c1-3-26-14-7-8-15-16(10-14)21-18(20-15)27-11(2)17(23)19-12-5-4-6-13(9-12)22(24)25/h4-11H,3H2,1-2H3,(H,19,23)(H,20,21)/t11-/m0/s1. The van der Waals surface area contributed by atoms with Crippen molar-refractivity contribution in [2.75, 3.05) is 11.9 Å². The van der Waals surface area contributed by atoms with Crippen LogP contribution >= 0.6 is 11.8 Å². The van der Waals surface area contributed by atoms with Crippen molar-refractivity contribution in [2.24, 2.45) is 0 Å². The maximum absolute atomic E-state index is 12.4. The Balaban J connectivity index is 1.68. The number of nitro groups is 1. The molecule has 0 bridgehead atoms. The molecule has 0 saturated carbocycles. The number of rotatable bonds is 7. The summed E-state index contributed by atoms with van der Waals surface area (Å²) in [5.41, 5.74) is 1.92. The topological polar surface area (TPSA) is 110 Å². The fourth-order valence-corrected chi connectivity index (χ4v) is 3.26. The van der Waals surface area contributed by atoms with Crippen molar-refractivity contribution < 1.29 is 14.5 Å². The monoisotopic (exact) mass is 386 g/mol. The first-order valence-electron chi connectivity index (χ1n) is 8.31. The summed E-state index contributed by atoms with van der Waals surface area (Å²) in [5, 5.41) is 13.7. The average molecular weight is 386 g/mol. The Bertz CT molecular complexity index is 988. The predicted molar refractivity (Wildman–Crippen MR) is 104 cm³/mol. The lowest BCUT2D eigenvalue weighted by Crippen LogP contribution is -2.22. The van der Waals surface area contributed by atoms with Crippen molar-refractivity contribution >= 4 is 40.1 Å². The molecule has 3 aromatic rings. The number of hydrogen-bond acceptors (Lipinski definition) is 6. The first-order valence-corrected chi connectivity index (χ1v) is 9.18. The number of nitrogens with zero attached hydrogens (tertiary/aromatic N) is 2. The second-order valence-electron chi connectivity index (χ2n) is 5.71. The van der Waals surface area contributed by atoms with E-state index in [1.54, 1.807) is 13.0 Å². The van der Waals surface area contributed by atoms with E-state index in [1.807, 2.05) is 25.1 Å². The third-order valence-electron chi connectivity index (χ3n) is 3.72. The van der Waals surface area contributed by atoms with Crippen LogP contribution in [0.2, 0.25) is 0 Å². The zero-order chi connectivity index (χ0) is 19.4. The van der Waals surface area contributed by atoms with Gasteiger partial charge in [-0.2, -0.15) is 0 Å². The van der Waals surface area contributed by atoms with Crippen molar-refractivity contribution in [2.45, 2.75) is 24.3 Å². The highest BCUT2D eigenvalue weighted by Gasteiger charge is 2.18. The van der Waals surface area contributed by atoms with Crippen molar-refractivity contribution in [3.05, 3.63) is 52.6 Å². The van der Waals surface area contributed by atoms with Crippen LogP contribution in [-0.4, -0.2) is 32.7 Å². The smallest absolute Gasteiger partial charge is 0.271 e. The molecular weight excluding hydrogens is 368 g/mol. The highest BCUT2D eigenvalue weighted by atomic mass is 32.2. The van der Waals surface area contributed by atoms with E-state index in [-0.39, 0.29) is 11.6 Å². The molecule has 0 radical (unpaired) electrons. The minimum atomic E-state index is -0.501. The summed E-state index contributed by atoms with van der Waals surface area (Å²) >= 11 is 1.27. The minimum Gasteiger partial charge on any atom is -0.494 e. The summed E-state index contributed by atoms with van der Waals surface area (Å²) in [7, 11) is 0. The van der Waals surface area contributed by atoms with E-state index in [2.05, 4.69) is 15.3 Å². The second kappa shape index (κ2) is 8.09. The molecule has 3 rings (SSSR count). The number of amides is 1. The summed E-state index contributed by atoms with van der Waals surface area (Å²) in [6, 6.07) is 11.4. The van der Waals surface area contributed by atoms with Gasteiger partial charge >= 0.3 is 0 Å². The molecule has 0 spiro atoms. The van der Waals surface area contributed by atoms with Gasteiger partial charge in [-0.25, -0.2) is 4.98 Å². The van der Waals surface area contributed by atoms with Crippen LogP contribution < -0.4 is 10.1 Å². The Labute approximate surface area is 159 Å². The Kier molecular flexibility index (Phi) is 5.60. The van der Waals surface area contributed by atoms with Crippen LogP contribution in [0.3, 0.4) is 0 Å². The summed E-state index contributed by atoms with van der Waals surface area (Å²) < 4.78 is 5.47. The number of thioether (sulfide) groups is 1. The number of fused-ring (bicyclic) bond motifs is 1. The van der Waals surface area contributed by atoms with Gasteiger partial charge in [-0.15, -0.1) is 0 Å². The van der Waals surface area contributed by atoms with Gasteiger partial charge in [-0.1, -0.05) is 17.8 Å². The number of benzene rings is 2. The van der Waals surface area contributed by atoms with Crippen LogP contribution in [0.5, 0.6) is 5.75 Å². The van der Waals surface area contributed by atoms with Gasteiger partial charge in [0.05, 0.1) is 27.8 Å². The molecule has 0 saturated heterocycles. The number of carbonyl (C=O) groups excluding carboxylic acids is 1. The largest absolute Gasteiger partial charge is 0.494 e. The first kappa shape index (κ1) is 18.7. The molecule has 8 nitrogen and oxygen atoms in total. The number of ether oxygens (including phenoxy) is 1. The molecule has 0 fully saturated rings. The molecule has 0 aliphatic carbocycles. The number of anilines is 1. The van der Waals surface area contributed by atoms with Crippen molar-refractivity contribution in [3.63, 3.8) is 0 Å². The number of nitro benzene ring substituents is 1. The molecule has 1 heterocycles. The Hall–Kier alpha value is -3.07. The summed E-state index contributed by atoms with van der Waals surface area (Å²) in [6.07, 6.45) is 0. The molecule has 0 aliphatic rings. The van der Waals surface area contributed by atoms with E-state index in [0.29, 0.717) is 17.5 Å². The van der Waals surface area contributed by atoms with Crippen molar-refractivity contribution in [1.82, 2.24) is 9.97 Å². The highest BCUT2D eigenvalue weighted by molar-refractivity contribution is 8.00. The fraction of sp³-hybridized carbons (Fsp3) is 0.222. The number of hydrogen-bond donors (Lipinski definition) is 2. The number of aromatic amines is 1. The third kappa shape index (κ3) is 4.56. The Morgan fingerprint density at radius 2 is 2.19 bits per heavy atom. The van der Waals surface area contributed by atoms with Gasteiger partial charge in [0.2, 0.25) is 5.91 Å². The van der Waals surface area contributed by atoms with Crippen molar-refractivity contribution in [3.8, 4) is 5.75 Å². The summed E-state index contributed by atoms with van der Waals surface area (Å²) in [4.78, 5) is 30.4. The number of aromatic nitrogens is 2. The molecule has 1 aromatic heterocycles. The normalized spacial score (nSPS) is 11.9. The maximum Gasteiger partial charge on any atom is 0.271 e. The van der Waals surface area contributed by atoms with Crippen molar-refractivity contribution in [1.29, 1.82) is 0 Å². The number of carbonyl (C=O) groups is 1. The molecule has 140 valence electrons. The highest BCUT2D eigenvalue weighted by Crippen LogP contribution is 2.27. The molecule has 2 aromatic carbocycles. The zero-order valence-electron chi connectivity index (χ0n) is 14.8. The second-order valence-corrected chi connectivity index (χ2v) is 7.04. The van der Waals surface area contributed by atoms with Gasteiger partial charge in [-0.05, 0) is 32.0 Å². The molecule has 0 unspecified atom stereocenters. The Morgan fingerprint density at radius 1 is 1.37 bits per heavy atom. The van der Waals surface area contributed by atoms with E-state index in [0.717, 1.165) is 16.8 Å². The fourth-order valence-electron chi connectivity index (χ4n) is 2.44. The molecule has 0 aliphatic heterocycles. The SMILES string of the molecule is CCOc1ccc2nc(S[C@@H](C)C(=O)Nc3cccc([N+](=O)[O-])c3)[nH]c2c1. The summed E-state index contributed by atoms with van der Waals surface area (Å²) in [6.45, 7) is 4.24. The number of nitrogens with one attached hydrogen (secondary N) is 2. The molecule has 1 amide bonds. The molecular formula is C18H18N4O4S. The van der Waals surface area contributed by atoms with Gasteiger partial charge in [0.1, 0.15) is 5.75 Å². The average Bonchev–Trinajstić information content (AvgIpc) is 3.03. The molecule has 1 atom stereocenters. The van der Waals surface area contributed by atoms with Crippen LogP contribution in [0.15, 0.2) is 47.6 Å². The van der Waals surface area contributed by atoms with Crippen LogP contribution in [0.4, 0.5) is 11.4 Å². The van der Waals surface area contributed by atoms with Gasteiger partial charge in [0.15, 0.2) is 5.16 Å². The Morgan fingerprint density at radius 3 is 2.93 bits per heavy atom. The van der Waals surface area contributed by atoms with E-state index in [9.17, 15) is 14.9 Å². The van der Waals surface area contributed by atoms with Gasteiger partial charge < -0.3 is 15.0 Å².